The van der Waals surface area contributed by atoms with Crippen molar-refractivity contribution in [3.05, 3.63) is 60.8 Å². The Bertz CT molecular complexity index is 1210. The average Bonchev–Trinajstić information content (AvgIpc) is 3.30. The van der Waals surface area contributed by atoms with Gasteiger partial charge < -0.3 is 14.8 Å². The number of thioether (sulfide) groups is 1. The maximum atomic E-state index is 13.0. The van der Waals surface area contributed by atoms with Gasteiger partial charge in [0.1, 0.15) is 19.3 Å². The third kappa shape index (κ3) is 5.67. The first-order valence-electron chi connectivity index (χ1n) is 10.3. The Labute approximate surface area is 196 Å². The van der Waals surface area contributed by atoms with Crippen molar-refractivity contribution in [1.82, 2.24) is 14.5 Å². The topological polar surface area (TPSA) is 112 Å². The lowest BCUT2D eigenvalue weighted by Gasteiger charge is -2.20. The van der Waals surface area contributed by atoms with Crippen molar-refractivity contribution in [3.8, 4) is 17.2 Å². The summed E-state index contributed by atoms with van der Waals surface area (Å²) in [6.45, 7) is 0.757. The fraction of sp³-hybridized carbons (Fsp3) is 0.273. The number of hydrogen-bond donors (Lipinski definition) is 2. The van der Waals surface area contributed by atoms with Crippen LogP contribution in [0.1, 0.15) is 6.42 Å². The summed E-state index contributed by atoms with van der Waals surface area (Å²) in [6, 6.07) is 14.5. The first-order valence-corrected chi connectivity index (χ1v) is 13.2. The third-order valence-corrected chi connectivity index (χ3v) is 7.02. The molecule has 3 aromatic rings. The van der Waals surface area contributed by atoms with Gasteiger partial charge in [0.05, 0.1) is 10.6 Å². The first kappa shape index (κ1) is 23.1. The molecule has 0 fully saturated rings. The van der Waals surface area contributed by atoms with Gasteiger partial charge in [0.15, 0.2) is 17.3 Å². The molecule has 11 heteroatoms. The van der Waals surface area contributed by atoms with Crippen LogP contribution in [0.25, 0.3) is 5.69 Å². The highest BCUT2D eigenvalue weighted by Gasteiger charge is 2.27. The highest BCUT2D eigenvalue weighted by atomic mass is 32.2. The molecule has 1 aliphatic rings. The summed E-state index contributed by atoms with van der Waals surface area (Å²) < 4.78 is 41.1. The molecule has 0 spiro atoms. The molecule has 1 aromatic heterocycles. The van der Waals surface area contributed by atoms with Crippen molar-refractivity contribution in [2.75, 3.05) is 30.5 Å². The van der Waals surface area contributed by atoms with Crippen molar-refractivity contribution in [1.29, 1.82) is 0 Å². The third-order valence-electron chi connectivity index (χ3n) is 4.91. The van der Waals surface area contributed by atoms with E-state index in [1.165, 1.54) is 23.9 Å². The highest BCUT2D eigenvalue weighted by Crippen LogP contribution is 2.32. The molecule has 2 aromatic carbocycles. The molecule has 1 aliphatic heterocycles. The molecule has 9 nitrogen and oxygen atoms in total. The Morgan fingerprint density at radius 3 is 2.64 bits per heavy atom. The number of para-hydroxylation sites is 1. The first-order chi connectivity index (χ1) is 16.0. The van der Waals surface area contributed by atoms with Crippen LogP contribution in [0, 0.1) is 0 Å². The SMILES string of the molecule is CSCC[C@@H](NS(=O)(=O)c1ccc2c(c1)OCCO2)C(=O)Nc1ccn(-c2ccccc2)n1. The van der Waals surface area contributed by atoms with E-state index in [9.17, 15) is 13.2 Å². The molecular weight excluding hydrogens is 464 g/mol. The van der Waals surface area contributed by atoms with Gasteiger partial charge in [-0.1, -0.05) is 18.2 Å². The minimum atomic E-state index is -3.98. The van der Waals surface area contributed by atoms with Gasteiger partial charge in [-0.3, -0.25) is 4.79 Å². The molecule has 174 valence electrons. The number of hydrogen-bond acceptors (Lipinski definition) is 7. The van der Waals surface area contributed by atoms with Gasteiger partial charge in [0.25, 0.3) is 0 Å². The lowest BCUT2D eigenvalue weighted by molar-refractivity contribution is -0.117. The Kier molecular flexibility index (Phi) is 7.21. The fourth-order valence-electron chi connectivity index (χ4n) is 3.25. The summed E-state index contributed by atoms with van der Waals surface area (Å²) in [4.78, 5) is 13.0. The summed E-state index contributed by atoms with van der Waals surface area (Å²) in [7, 11) is -3.98. The summed E-state index contributed by atoms with van der Waals surface area (Å²) >= 11 is 1.52. The van der Waals surface area contributed by atoms with Crippen LogP contribution in [0.5, 0.6) is 11.5 Å². The van der Waals surface area contributed by atoms with Gasteiger partial charge in [-0.2, -0.15) is 21.6 Å². The van der Waals surface area contributed by atoms with Crippen LogP contribution >= 0.6 is 11.8 Å². The van der Waals surface area contributed by atoms with Gasteiger partial charge in [0.2, 0.25) is 15.9 Å². The summed E-state index contributed by atoms with van der Waals surface area (Å²) in [5.41, 5.74) is 0.844. The van der Waals surface area contributed by atoms with E-state index in [1.807, 2.05) is 36.6 Å². The Morgan fingerprint density at radius 2 is 1.88 bits per heavy atom. The van der Waals surface area contributed by atoms with E-state index in [0.717, 1.165) is 5.69 Å². The predicted octanol–water partition coefficient (Wildman–Crippen LogP) is 2.68. The zero-order valence-electron chi connectivity index (χ0n) is 17.9. The summed E-state index contributed by atoms with van der Waals surface area (Å²) in [6.07, 6.45) is 3.93. The minimum absolute atomic E-state index is 0.00190. The molecule has 0 saturated heterocycles. The normalized spacial score (nSPS) is 14.0. The fourth-order valence-corrected chi connectivity index (χ4v) is 4.97. The largest absolute Gasteiger partial charge is 0.486 e. The number of sulfonamides is 1. The Balaban J connectivity index is 1.49. The number of amides is 1. The molecule has 2 heterocycles. The number of nitrogens with one attached hydrogen (secondary N) is 2. The van der Waals surface area contributed by atoms with Crippen LogP contribution in [0.3, 0.4) is 0 Å². The van der Waals surface area contributed by atoms with E-state index in [1.54, 1.807) is 23.0 Å². The second-order valence-corrected chi connectivity index (χ2v) is 9.93. The maximum Gasteiger partial charge on any atom is 0.243 e. The Hall–Kier alpha value is -3.02. The van der Waals surface area contributed by atoms with Crippen LogP contribution in [0.15, 0.2) is 65.7 Å². The van der Waals surface area contributed by atoms with E-state index in [0.29, 0.717) is 42.7 Å². The van der Waals surface area contributed by atoms with Crippen molar-refractivity contribution in [2.24, 2.45) is 0 Å². The Morgan fingerprint density at radius 1 is 1.12 bits per heavy atom. The second kappa shape index (κ2) is 10.3. The summed E-state index contributed by atoms with van der Waals surface area (Å²) in [5, 5.41) is 7.07. The molecule has 2 N–H and O–H groups in total. The summed E-state index contributed by atoms with van der Waals surface area (Å²) in [5.74, 6) is 1.30. The smallest absolute Gasteiger partial charge is 0.243 e. The molecule has 0 radical (unpaired) electrons. The van der Waals surface area contributed by atoms with E-state index in [4.69, 9.17) is 9.47 Å². The van der Waals surface area contributed by atoms with Gasteiger partial charge in [-0.15, -0.1) is 0 Å². The molecule has 0 bridgehead atoms. The van der Waals surface area contributed by atoms with Gasteiger partial charge in [-0.05, 0) is 42.7 Å². The van der Waals surface area contributed by atoms with Crippen LogP contribution < -0.4 is 19.5 Å². The van der Waals surface area contributed by atoms with Crippen molar-refractivity contribution in [3.63, 3.8) is 0 Å². The van der Waals surface area contributed by atoms with E-state index in [-0.39, 0.29) is 4.90 Å². The average molecular weight is 489 g/mol. The number of aromatic nitrogens is 2. The number of carbonyl (C=O) groups excluding carboxylic acids is 1. The molecule has 0 aliphatic carbocycles. The molecule has 4 rings (SSSR count). The van der Waals surface area contributed by atoms with Crippen LogP contribution in [-0.4, -0.2) is 55.4 Å². The van der Waals surface area contributed by atoms with Crippen LogP contribution in [0.4, 0.5) is 5.82 Å². The number of rotatable bonds is 9. The molecule has 0 unspecified atom stereocenters. The number of fused-ring (bicyclic) bond motifs is 1. The predicted molar refractivity (Wildman–Crippen MR) is 127 cm³/mol. The molecular formula is C22H24N4O5S2. The van der Waals surface area contributed by atoms with Crippen molar-refractivity contribution in [2.45, 2.75) is 17.4 Å². The zero-order valence-corrected chi connectivity index (χ0v) is 19.6. The number of nitrogens with zero attached hydrogens (tertiary/aromatic N) is 2. The van der Waals surface area contributed by atoms with Gasteiger partial charge >= 0.3 is 0 Å². The maximum absolute atomic E-state index is 13.0. The molecule has 0 saturated carbocycles. The van der Waals surface area contributed by atoms with E-state index >= 15 is 0 Å². The van der Waals surface area contributed by atoms with E-state index < -0.39 is 22.0 Å². The molecule has 1 atom stereocenters. The van der Waals surface area contributed by atoms with Gasteiger partial charge in [-0.25, -0.2) is 13.1 Å². The number of carbonyl (C=O) groups is 1. The standard InChI is InChI=1S/C22H24N4O5S2/c1-32-14-10-18(22(27)23-21-9-11-26(24-21)16-5-3-2-4-6-16)25-33(28,29)17-7-8-19-20(15-17)31-13-12-30-19/h2-9,11,15,18,25H,10,12-14H2,1H3,(H,23,24,27)/t18-/m1/s1. The lowest BCUT2D eigenvalue weighted by Crippen LogP contribution is -2.44. The lowest BCUT2D eigenvalue weighted by atomic mass is 10.2. The number of anilines is 1. The quantitative estimate of drug-likeness (QED) is 0.476. The van der Waals surface area contributed by atoms with Crippen LogP contribution in [-0.2, 0) is 14.8 Å². The van der Waals surface area contributed by atoms with Crippen molar-refractivity contribution >= 4 is 33.5 Å². The van der Waals surface area contributed by atoms with E-state index in [2.05, 4.69) is 15.1 Å². The molecule has 33 heavy (non-hydrogen) atoms. The zero-order chi connectivity index (χ0) is 23.3. The second-order valence-electron chi connectivity index (χ2n) is 7.23. The highest BCUT2D eigenvalue weighted by molar-refractivity contribution is 7.98. The molecule has 1 amide bonds. The van der Waals surface area contributed by atoms with Crippen LogP contribution in [0.2, 0.25) is 0 Å². The van der Waals surface area contributed by atoms with Crippen molar-refractivity contribution < 1.29 is 22.7 Å². The number of benzene rings is 2. The van der Waals surface area contributed by atoms with Gasteiger partial charge in [0, 0.05) is 18.3 Å². The monoisotopic (exact) mass is 488 g/mol. The minimum Gasteiger partial charge on any atom is -0.486 e. The number of ether oxygens (including phenoxy) is 2.